The highest BCUT2D eigenvalue weighted by molar-refractivity contribution is 5.96. The molecule has 2 N–H and O–H groups in total. The molecule has 1 aliphatic heterocycles. The van der Waals surface area contributed by atoms with Crippen LogP contribution >= 0.6 is 0 Å². The van der Waals surface area contributed by atoms with E-state index in [9.17, 15) is 14.4 Å². The number of hydrazone groups is 1. The highest BCUT2D eigenvalue weighted by Gasteiger charge is 2.20. The third kappa shape index (κ3) is 4.93. The number of aromatic amines is 1. The van der Waals surface area contributed by atoms with Crippen LogP contribution in [-0.4, -0.2) is 53.6 Å². The van der Waals surface area contributed by atoms with Crippen LogP contribution in [0.5, 0.6) is 0 Å². The summed E-state index contributed by atoms with van der Waals surface area (Å²) in [6.45, 7) is 6.23. The lowest BCUT2D eigenvalue weighted by atomic mass is 10.1. The summed E-state index contributed by atoms with van der Waals surface area (Å²) < 4.78 is 5.04. The lowest BCUT2D eigenvalue weighted by Gasteiger charge is -2.18. The number of amides is 2. The third-order valence-electron chi connectivity index (χ3n) is 4.34. The first-order valence-electron chi connectivity index (χ1n) is 8.90. The Bertz CT molecular complexity index is 708. The molecule has 0 atom stereocenters. The summed E-state index contributed by atoms with van der Waals surface area (Å²) in [6.07, 6.45) is 4.75. The van der Waals surface area contributed by atoms with E-state index < -0.39 is 0 Å². The van der Waals surface area contributed by atoms with Gasteiger partial charge in [0.2, 0.25) is 5.91 Å². The van der Waals surface area contributed by atoms with Crippen molar-refractivity contribution in [1.82, 2.24) is 15.3 Å². The van der Waals surface area contributed by atoms with Gasteiger partial charge in [-0.1, -0.05) is 6.42 Å². The minimum atomic E-state index is -0.387. The number of nitrogens with zero attached hydrogens (tertiary/aromatic N) is 2. The fourth-order valence-corrected chi connectivity index (χ4v) is 3.00. The lowest BCUT2D eigenvalue weighted by molar-refractivity contribution is -0.135. The molecule has 0 unspecified atom stereocenters. The number of ether oxygens (including phenoxy) is 1. The van der Waals surface area contributed by atoms with Crippen molar-refractivity contribution in [2.45, 2.75) is 46.5 Å². The number of likely N-dealkylation sites (tertiary alicyclic amines) is 1. The largest absolute Gasteiger partial charge is 0.462 e. The molecule has 8 heteroatoms. The summed E-state index contributed by atoms with van der Waals surface area (Å²) in [5.41, 5.74) is 4.93. The summed E-state index contributed by atoms with van der Waals surface area (Å²) in [5.74, 6) is -0.721. The van der Waals surface area contributed by atoms with Crippen LogP contribution in [0.25, 0.3) is 0 Å². The second-order valence-corrected chi connectivity index (χ2v) is 6.30. The molecule has 142 valence electrons. The molecule has 1 fully saturated rings. The second-order valence-electron chi connectivity index (χ2n) is 6.30. The SMILES string of the molecule is CCOC(=O)c1c(C)[nH]c(/C=N/NC(=O)CN2CCCCCC2=O)c1C. The molecule has 0 saturated carbocycles. The van der Waals surface area contributed by atoms with Crippen LogP contribution < -0.4 is 5.43 Å². The van der Waals surface area contributed by atoms with E-state index in [2.05, 4.69) is 15.5 Å². The Morgan fingerprint density at radius 1 is 1.31 bits per heavy atom. The molecule has 0 bridgehead atoms. The van der Waals surface area contributed by atoms with Gasteiger partial charge in [-0.15, -0.1) is 0 Å². The predicted molar refractivity (Wildman–Crippen MR) is 97.0 cm³/mol. The van der Waals surface area contributed by atoms with Crippen LogP contribution in [0.4, 0.5) is 0 Å². The zero-order valence-corrected chi connectivity index (χ0v) is 15.6. The number of carbonyl (C=O) groups excluding carboxylic acids is 3. The van der Waals surface area contributed by atoms with Crippen molar-refractivity contribution >= 4 is 24.0 Å². The molecule has 1 aromatic heterocycles. The van der Waals surface area contributed by atoms with Gasteiger partial charge in [0.15, 0.2) is 0 Å². The van der Waals surface area contributed by atoms with Gasteiger partial charge < -0.3 is 14.6 Å². The molecule has 1 saturated heterocycles. The van der Waals surface area contributed by atoms with E-state index in [4.69, 9.17) is 4.74 Å². The predicted octanol–water partition coefficient (Wildman–Crippen LogP) is 1.66. The van der Waals surface area contributed by atoms with Gasteiger partial charge in [-0.3, -0.25) is 9.59 Å². The number of aryl methyl sites for hydroxylation is 1. The quantitative estimate of drug-likeness (QED) is 0.456. The summed E-state index contributed by atoms with van der Waals surface area (Å²) >= 11 is 0. The van der Waals surface area contributed by atoms with Crippen molar-refractivity contribution in [3.05, 3.63) is 22.5 Å². The van der Waals surface area contributed by atoms with E-state index in [1.54, 1.807) is 25.7 Å². The number of carbonyl (C=O) groups is 3. The van der Waals surface area contributed by atoms with E-state index in [-0.39, 0.29) is 24.3 Å². The highest BCUT2D eigenvalue weighted by Crippen LogP contribution is 2.17. The van der Waals surface area contributed by atoms with Crippen LogP contribution in [0.1, 0.15) is 59.9 Å². The number of nitrogens with one attached hydrogen (secondary N) is 2. The molecule has 2 amide bonds. The van der Waals surface area contributed by atoms with Gasteiger partial charge in [0, 0.05) is 18.7 Å². The van der Waals surface area contributed by atoms with Crippen LogP contribution in [0.15, 0.2) is 5.10 Å². The molecule has 2 heterocycles. The van der Waals surface area contributed by atoms with Crippen LogP contribution in [0.3, 0.4) is 0 Å². The number of H-pyrrole nitrogens is 1. The van der Waals surface area contributed by atoms with Crippen LogP contribution in [0, 0.1) is 13.8 Å². The average Bonchev–Trinajstić information content (AvgIpc) is 2.73. The number of aromatic nitrogens is 1. The molecule has 0 spiro atoms. The van der Waals surface area contributed by atoms with Gasteiger partial charge in [-0.05, 0) is 39.2 Å². The number of esters is 1. The first-order chi connectivity index (χ1) is 12.4. The van der Waals surface area contributed by atoms with E-state index in [0.29, 0.717) is 42.1 Å². The van der Waals surface area contributed by atoms with Crippen molar-refractivity contribution in [2.24, 2.45) is 5.10 Å². The normalized spacial score (nSPS) is 15.2. The smallest absolute Gasteiger partial charge is 0.340 e. The summed E-state index contributed by atoms with van der Waals surface area (Å²) in [6, 6.07) is 0. The van der Waals surface area contributed by atoms with E-state index in [0.717, 1.165) is 19.3 Å². The van der Waals surface area contributed by atoms with Crippen molar-refractivity contribution in [3.8, 4) is 0 Å². The Labute approximate surface area is 153 Å². The maximum absolute atomic E-state index is 12.0. The fourth-order valence-electron chi connectivity index (χ4n) is 3.00. The zero-order valence-electron chi connectivity index (χ0n) is 15.6. The van der Waals surface area contributed by atoms with Gasteiger partial charge in [0.1, 0.15) is 6.54 Å². The summed E-state index contributed by atoms with van der Waals surface area (Å²) in [5, 5.41) is 3.93. The third-order valence-corrected chi connectivity index (χ3v) is 4.34. The second kappa shape index (κ2) is 9.17. The maximum atomic E-state index is 12.0. The topological polar surface area (TPSA) is 104 Å². The monoisotopic (exact) mass is 362 g/mol. The number of rotatable bonds is 6. The standard InChI is InChI=1S/C18H26N4O4/c1-4-26-18(25)17-12(2)14(20-13(17)3)10-19-21-15(23)11-22-9-7-5-6-8-16(22)24/h10,20H,4-9,11H2,1-3H3,(H,21,23)/b19-10+. The van der Waals surface area contributed by atoms with E-state index >= 15 is 0 Å². The first-order valence-corrected chi connectivity index (χ1v) is 8.90. The van der Waals surface area contributed by atoms with E-state index in [1.165, 1.54) is 6.21 Å². The molecule has 8 nitrogen and oxygen atoms in total. The molecule has 1 aliphatic rings. The molecule has 26 heavy (non-hydrogen) atoms. The Hall–Kier alpha value is -2.64. The summed E-state index contributed by atoms with van der Waals surface area (Å²) in [4.78, 5) is 40.5. The minimum Gasteiger partial charge on any atom is -0.462 e. The van der Waals surface area contributed by atoms with Crippen molar-refractivity contribution in [1.29, 1.82) is 0 Å². The number of hydrogen-bond donors (Lipinski definition) is 2. The van der Waals surface area contributed by atoms with Gasteiger partial charge in [0.05, 0.1) is 24.1 Å². The Balaban J connectivity index is 1.95. The molecule has 2 rings (SSSR count). The highest BCUT2D eigenvalue weighted by atomic mass is 16.5. The molecule has 0 aromatic carbocycles. The average molecular weight is 362 g/mol. The van der Waals surface area contributed by atoms with Crippen molar-refractivity contribution < 1.29 is 19.1 Å². The Morgan fingerprint density at radius 2 is 2.08 bits per heavy atom. The van der Waals surface area contributed by atoms with Gasteiger partial charge in [0.25, 0.3) is 5.91 Å². The summed E-state index contributed by atoms with van der Waals surface area (Å²) in [7, 11) is 0. The van der Waals surface area contributed by atoms with Crippen LogP contribution in [0.2, 0.25) is 0 Å². The zero-order chi connectivity index (χ0) is 19.1. The molecule has 0 radical (unpaired) electrons. The lowest BCUT2D eigenvalue weighted by Crippen LogP contribution is -2.39. The van der Waals surface area contributed by atoms with Gasteiger partial charge >= 0.3 is 5.97 Å². The molecule has 0 aliphatic carbocycles. The van der Waals surface area contributed by atoms with Crippen molar-refractivity contribution in [3.63, 3.8) is 0 Å². The minimum absolute atomic E-state index is 0.00693. The van der Waals surface area contributed by atoms with E-state index in [1.807, 2.05) is 0 Å². The molecule has 1 aromatic rings. The molecular formula is C18H26N4O4. The Kier molecular flexibility index (Phi) is 6.94. The van der Waals surface area contributed by atoms with Gasteiger partial charge in [-0.2, -0.15) is 5.10 Å². The first kappa shape index (κ1) is 19.7. The Morgan fingerprint density at radius 3 is 2.81 bits per heavy atom. The van der Waals surface area contributed by atoms with Crippen molar-refractivity contribution in [2.75, 3.05) is 19.7 Å². The maximum Gasteiger partial charge on any atom is 0.340 e. The van der Waals surface area contributed by atoms with Gasteiger partial charge in [-0.25, -0.2) is 10.2 Å². The molecular weight excluding hydrogens is 336 g/mol. The number of hydrogen-bond acceptors (Lipinski definition) is 5. The fraction of sp³-hybridized carbons (Fsp3) is 0.556. The van der Waals surface area contributed by atoms with Crippen LogP contribution in [-0.2, 0) is 14.3 Å².